The van der Waals surface area contributed by atoms with E-state index >= 15 is 0 Å². The van der Waals surface area contributed by atoms with Gasteiger partial charge in [0, 0.05) is 35.6 Å². The number of carbonyl (C=O) groups excluding carboxylic acids is 1. The molecule has 1 amide bonds. The molecule has 1 aromatic carbocycles. The molecular weight excluding hydrogens is 393 g/mol. The summed E-state index contributed by atoms with van der Waals surface area (Å²) in [6.45, 7) is 1.17. The Morgan fingerprint density at radius 2 is 1.93 bits per heavy atom. The van der Waals surface area contributed by atoms with Crippen LogP contribution in [0.3, 0.4) is 0 Å². The summed E-state index contributed by atoms with van der Waals surface area (Å²) in [6, 6.07) is 7.23. The number of rotatable bonds is 2. The molecule has 28 heavy (non-hydrogen) atoms. The zero-order valence-electron chi connectivity index (χ0n) is 14.7. The average molecular weight is 409 g/mol. The SMILES string of the molecule is O=C(c1ccc(-c2cc(C(F)(F)F)c3occc3c2)nc1)N1CCC(Cl)CC1. The van der Waals surface area contributed by atoms with Gasteiger partial charge in [0.05, 0.1) is 23.1 Å². The van der Waals surface area contributed by atoms with E-state index in [1.165, 1.54) is 18.5 Å². The van der Waals surface area contributed by atoms with Crippen molar-refractivity contribution in [2.24, 2.45) is 0 Å². The minimum absolute atomic E-state index is 0.0882. The monoisotopic (exact) mass is 408 g/mol. The summed E-state index contributed by atoms with van der Waals surface area (Å²) in [5.74, 6) is -0.149. The van der Waals surface area contributed by atoms with Crippen molar-refractivity contribution in [3.63, 3.8) is 0 Å². The van der Waals surface area contributed by atoms with Crippen LogP contribution < -0.4 is 0 Å². The summed E-state index contributed by atoms with van der Waals surface area (Å²) < 4.78 is 45.1. The van der Waals surface area contributed by atoms with Gasteiger partial charge in [0.2, 0.25) is 0 Å². The molecule has 2 aromatic heterocycles. The first kappa shape index (κ1) is 18.8. The van der Waals surface area contributed by atoms with Gasteiger partial charge in [-0.2, -0.15) is 13.2 Å². The van der Waals surface area contributed by atoms with Gasteiger partial charge in [-0.25, -0.2) is 0 Å². The number of benzene rings is 1. The van der Waals surface area contributed by atoms with Gasteiger partial charge >= 0.3 is 6.18 Å². The fraction of sp³-hybridized carbons (Fsp3) is 0.300. The molecule has 0 atom stereocenters. The molecule has 4 nitrogen and oxygen atoms in total. The highest BCUT2D eigenvalue weighted by atomic mass is 35.5. The number of furan rings is 1. The minimum atomic E-state index is -4.55. The zero-order chi connectivity index (χ0) is 19.9. The standard InChI is InChI=1S/C20H16ClF3N2O2/c21-15-3-6-26(7-4-15)19(27)13-1-2-17(25-11-13)14-9-12-5-8-28-18(12)16(10-14)20(22,23)24/h1-2,5,8-11,15H,3-4,6-7H2. The zero-order valence-corrected chi connectivity index (χ0v) is 15.4. The Morgan fingerprint density at radius 3 is 2.57 bits per heavy atom. The summed E-state index contributed by atoms with van der Waals surface area (Å²) in [7, 11) is 0. The molecule has 3 aromatic rings. The van der Waals surface area contributed by atoms with Gasteiger partial charge in [-0.3, -0.25) is 9.78 Å². The van der Waals surface area contributed by atoms with Crippen LogP contribution in [0.25, 0.3) is 22.2 Å². The van der Waals surface area contributed by atoms with Crippen LogP contribution >= 0.6 is 11.6 Å². The van der Waals surface area contributed by atoms with Crippen molar-refractivity contribution in [2.45, 2.75) is 24.4 Å². The Bertz CT molecular complexity index is 1010. The predicted molar refractivity (Wildman–Crippen MR) is 99.2 cm³/mol. The third-order valence-corrected chi connectivity index (χ3v) is 5.31. The van der Waals surface area contributed by atoms with E-state index in [-0.39, 0.29) is 16.9 Å². The molecule has 1 aliphatic heterocycles. The maximum absolute atomic E-state index is 13.4. The highest BCUT2D eigenvalue weighted by molar-refractivity contribution is 6.20. The van der Waals surface area contributed by atoms with E-state index in [0.29, 0.717) is 35.3 Å². The summed E-state index contributed by atoms with van der Waals surface area (Å²) in [4.78, 5) is 18.5. The Labute approximate surface area is 163 Å². The molecule has 8 heteroatoms. The second-order valence-corrected chi connectivity index (χ2v) is 7.38. The van der Waals surface area contributed by atoms with Gasteiger partial charge in [-0.05, 0) is 43.2 Å². The Hall–Kier alpha value is -2.54. The molecular formula is C20H16ClF3N2O2. The number of pyridine rings is 1. The number of halogens is 4. The van der Waals surface area contributed by atoms with E-state index in [0.717, 1.165) is 18.9 Å². The number of aromatic nitrogens is 1. The summed E-state index contributed by atoms with van der Waals surface area (Å²) in [5.41, 5.74) is 0.00615. The summed E-state index contributed by atoms with van der Waals surface area (Å²) in [6.07, 6.45) is -0.440. The lowest BCUT2D eigenvalue weighted by Crippen LogP contribution is -2.38. The second-order valence-electron chi connectivity index (χ2n) is 6.76. The molecule has 0 saturated carbocycles. The van der Waals surface area contributed by atoms with Crippen LogP contribution in [0.5, 0.6) is 0 Å². The molecule has 0 aliphatic carbocycles. The molecule has 1 fully saturated rings. The van der Waals surface area contributed by atoms with Crippen molar-refractivity contribution < 1.29 is 22.4 Å². The van der Waals surface area contributed by atoms with Crippen molar-refractivity contribution in [1.82, 2.24) is 9.88 Å². The highest BCUT2D eigenvalue weighted by Gasteiger charge is 2.35. The largest absolute Gasteiger partial charge is 0.464 e. The fourth-order valence-electron chi connectivity index (χ4n) is 3.37. The number of carbonyl (C=O) groups is 1. The number of alkyl halides is 4. The third-order valence-electron chi connectivity index (χ3n) is 4.87. The van der Waals surface area contributed by atoms with Crippen LogP contribution in [0.4, 0.5) is 13.2 Å². The van der Waals surface area contributed by atoms with E-state index in [2.05, 4.69) is 4.98 Å². The van der Waals surface area contributed by atoms with Crippen molar-refractivity contribution in [1.29, 1.82) is 0 Å². The Morgan fingerprint density at radius 1 is 1.18 bits per heavy atom. The molecule has 1 saturated heterocycles. The lowest BCUT2D eigenvalue weighted by atomic mass is 10.0. The fourth-order valence-corrected chi connectivity index (χ4v) is 3.56. The van der Waals surface area contributed by atoms with E-state index in [1.807, 2.05) is 0 Å². The summed E-state index contributed by atoms with van der Waals surface area (Å²) in [5, 5.41) is 0.431. The van der Waals surface area contributed by atoms with Gasteiger partial charge in [-0.15, -0.1) is 11.6 Å². The highest BCUT2D eigenvalue weighted by Crippen LogP contribution is 2.38. The molecule has 1 aliphatic rings. The second kappa shape index (κ2) is 7.13. The van der Waals surface area contributed by atoms with Crippen molar-refractivity contribution in [3.05, 3.63) is 53.9 Å². The Kier molecular flexibility index (Phi) is 4.79. The smallest absolute Gasteiger partial charge is 0.420 e. The maximum Gasteiger partial charge on any atom is 0.420 e. The van der Waals surface area contributed by atoms with Gasteiger partial charge in [-0.1, -0.05) is 0 Å². The van der Waals surface area contributed by atoms with Crippen molar-refractivity contribution in [3.8, 4) is 11.3 Å². The molecule has 0 spiro atoms. The number of hydrogen-bond acceptors (Lipinski definition) is 3. The molecule has 146 valence electrons. The number of nitrogens with zero attached hydrogens (tertiary/aromatic N) is 2. The molecule has 4 rings (SSSR count). The maximum atomic E-state index is 13.4. The first-order valence-electron chi connectivity index (χ1n) is 8.81. The van der Waals surface area contributed by atoms with Crippen molar-refractivity contribution in [2.75, 3.05) is 13.1 Å². The minimum Gasteiger partial charge on any atom is -0.464 e. The van der Waals surface area contributed by atoms with Gasteiger partial charge < -0.3 is 9.32 Å². The van der Waals surface area contributed by atoms with Crippen LogP contribution in [-0.4, -0.2) is 34.3 Å². The number of fused-ring (bicyclic) bond motifs is 1. The van der Waals surface area contributed by atoms with Crippen LogP contribution in [0.1, 0.15) is 28.8 Å². The number of amides is 1. The Balaban J connectivity index is 1.63. The van der Waals surface area contributed by atoms with Crippen molar-refractivity contribution >= 4 is 28.5 Å². The molecule has 0 bridgehead atoms. The van der Waals surface area contributed by atoms with Gasteiger partial charge in [0.25, 0.3) is 5.91 Å². The predicted octanol–water partition coefficient (Wildman–Crippen LogP) is 5.36. The van der Waals surface area contributed by atoms with E-state index in [1.54, 1.807) is 23.1 Å². The third kappa shape index (κ3) is 3.58. The quantitative estimate of drug-likeness (QED) is 0.536. The van der Waals surface area contributed by atoms with Crippen LogP contribution in [-0.2, 0) is 6.18 Å². The molecule has 0 radical (unpaired) electrons. The molecule has 3 heterocycles. The van der Waals surface area contributed by atoms with Crippen LogP contribution in [0.15, 0.2) is 47.2 Å². The number of likely N-dealkylation sites (tertiary alicyclic amines) is 1. The number of piperidine rings is 1. The lowest BCUT2D eigenvalue weighted by molar-refractivity contribution is -0.136. The number of hydrogen-bond donors (Lipinski definition) is 0. The topological polar surface area (TPSA) is 46.3 Å². The first-order chi connectivity index (χ1) is 13.3. The lowest BCUT2D eigenvalue weighted by Gasteiger charge is -2.29. The van der Waals surface area contributed by atoms with E-state index < -0.39 is 11.7 Å². The van der Waals surface area contributed by atoms with Crippen LogP contribution in [0, 0.1) is 0 Å². The van der Waals surface area contributed by atoms with Crippen LogP contribution in [0.2, 0.25) is 0 Å². The van der Waals surface area contributed by atoms with E-state index in [4.69, 9.17) is 16.0 Å². The van der Waals surface area contributed by atoms with E-state index in [9.17, 15) is 18.0 Å². The normalized spacial score (nSPS) is 15.9. The molecule has 0 unspecified atom stereocenters. The average Bonchev–Trinajstić information content (AvgIpc) is 3.15. The van der Waals surface area contributed by atoms with Gasteiger partial charge in [0.15, 0.2) is 0 Å². The summed E-state index contributed by atoms with van der Waals surface area (Å²) >= 11 is 6.06. The molecule has 0 N–H and O–H groups in total. The first-order valence-corrected chi connectivity index (χ1v) is 9.25. The van der Waals surface area contributed by atoms with Gasteiger partial charge in [0.1, 0.15) is 5.58 Å².